The molecular formula is C17H19BrCl2N4O. The number of aromatic nitrogens is 2. The fourth-order valence-electron chi connectivity index (χ4n) is 2.96. The number of piperidine rings is 1. The van der Waals surface area contributed by atoms with Crippen molar-refractivity contribution in [1.29, 1.82) is 0 Å². The van der Waals surface area contributed by atoms with Gasteiger partial charge >= 0.3 is 0 Å². The van der Waals surface area contributed by atoms with E-state index in [0.29, 0.717) is 20.6 Å². The van der Waals surface area contributed by atoms with Crippen molar-refractivity contribution in [3.63, 3.8) is 0 Å². The SMILES string of the molecule is Cn1ncc(NC2CCN(Cc3ccc(Cl)c(Cl)c3)CC2)c(Br)c1=O. The van der Waals surface area contributed by atoms with Crippen LogP contribution < -0.4 is 10.9 Å². The quantitative estimate of drug-likeness (QED) is 0.774. The van der Waals surface area contributed by atoms with E-state index < -0.39 is 0 Å². The Hall–Kier alpha value is -1.08. The van der Waals surface area contributed by atoms with Crippen LogP contribution in [0.3, 0.4) is 0 Å². The van der Waals surface area contributed by atoms with Crippen molar-refractivity contribution in [3.05, 3.63) is 54.8 Å². The molecule has 2 heterocycles. The van der Waals surface area contributed by atoms with Crippen molar-refractivity contribution in [2.45, 2.75) is 25.4 Å². The van der Waals surface area contributed by atoms with Crippen LogP contribution in [0.2, 0.25) is 10.0 Å². The van der Waals surface area contributed by atoms with Gasteiger partial charge in [0.05, 0.1) is 21.9 Å². The number of benzene rings is 1. The van der Waals surface area contributed by atoms with Crippen LogP contribution in [-0.4, -0.2) is 33.8 Å². The van der Waals surface area contributed by atoms with Crippen LogP contribution in [0, 0.1) is 0 Å². The molecular weight excluding hydrogens is 427 g/mol. The highest BCUT2D eigenvalue weighted by Gasteiger charge is 2.20. The molecule has 1 saturated heterocycles. The van der Waals surface area contributed by atoms with Crippen LogP contribution in [-0.2, 0) is 13.6 Å². The van der Waals surface area contributed by atoms with Crippen LogP contribution >= 0.6 is 39.1 Å². The second-order valence-electron chi connectivity index (χ2n) is 6.24. The number of aryl methyl sites for hydroxylation is 1. The maximum atomic E-state index is 11.9. The number of likely N-dealkylation sites (tertiary alicyclic amines) is 1. The molecule has 1 aliphatic heterocycles. The Balaban J connectivity index is 1.56. The molecule has 0 unspecified atom stereocenters. The number of nitrogens with zero attached hydrogens (tertiary/aromatic N) is 3. The number of nitrogens with one attached hydrogen (secondary N) is 1. The lowest BCUT2D eigenvalue weighted by atomic mass is 10.0. The Morgan fingerprint density at radius 3 is 2.68 bits per heavy atom. The summed E-state index contributed by atoms with van der Waals surface area (Å²) in [6, 6.07) is 6.11. The van der Waals surface area contributed by atoms with Gasteiger partial charge in [-0.05, 0) is 46.5 Å². The summed E-state index contributed by atoms with van der Waals surface area (Å²) in [4.78, 5) is 14.3. The summed E-state index contributed by atoms with van der Waals surface area (Å²) in [5.74, 6) is 0. The summed E-state index contributed by atoms with van der Waals surface area (Å²) in [7, 11) is 1.64. The van der Waals surface area contributed by atoms with E-state index in [4.69, 9.17) is 23.2 Å². The number of halogens is 3. The topological polar surface area (TPSA) is 50.2 Å². The molecule has 1 aromatic heterocycles. The van der Waals surface area contributed by atoms with Gasteiger partial charge in [-0.2, -0.15) is 5.10 Å². The van der Waals surface area contributed by atoms with E-state index in [2.05, 4.69) is 31.2 Å². The van der Waals surface area contributed by atoms with Crippen molar-refractivity contribution >= 4 is 44.8 Å². The number of anilines is 1. The Morgan fingerprint density at radius 2 is 2.00 bits per heavy atom. The number of hydrogen-bond acceptors (Lipinski definition) is 4. The smallest absolute Gasteiger partial charge is 0.282 e. The molecule has 1 aromatic carbocycles. The maximum absolute atomic E-state index is 11.9. The zero-order valence-electron chi connectivity index (χ0n) is 13.8. The second kappa shape index (κ2) is 8.08. The van der Waals surface area contributed by atoms with Crippen LogP contribution in [0.25, 0.3) is 0 Å². The van der Waals surface area contributed by atoms with Crippen molar-refractivity contribution < 1.29 is 0 Å². The van der Waals surface area contributed by atoms with Crippen LogP contribution in [0.15, 0.2) is 33.7 Å². The van der Waals surface area contributed by atoms with Crippen molar-refractivity contribution in [2.24, 2.45) is 7.05 Å². The third kappa shape index (κ3) is 4.56. The minimum absolute atomic E-state index is 0.137. The molecule has 0 atom stereocenters. The van der Waals surface area contributed by atoms with E-state index in [1.165, 1.54) is 10.2 Å². The van der Waals surface area contributed by atoms with Gasteiger partial charge in [0.15, 0.2) is 0 Å². The fourth-order valence-corrected chi connectivity index (χ4v) is 3.76. The molecule has 25 heavy (non-hydrogen) atoms. The van der Waals surface area contributed by atoms with Gasteiger partial charge in [-0.15, -0.1) is 0 Å². The molecule has 0 aliphatic carbocycles. The van der Waals surface area contributed by atoms with Crippen molar-refractivity contribution in [1.82, 2.24) is 14.7 Å². The first-order valence-electron chi connectivity index (χ1n) is 8.08. The highest BCUT2D eigenvalue weighted by molar-refractivity contribution is 9.10. The molecule has 0 amide bonds. The number of hydrogen-bond donors (Lipinski definition) is 1. The zero-order valence-corrected chi connectivity index (χ0v) is 16.9. The van der Waals surface area contributed by atoms with E-state index in [9.17, 15) is 4.79 Å². The predicted octanol–water partition coefficient (Wildman–Crippen LogP) is 3.93. The zero-order chi connectivity index (χ0) is 18.0. The summed E-state index contributed by atoms with van der Waals surface area (Å²) in [5, 5.41) is 8.68. The van der Waals surface area contributed by atoms with Gasteiger partial charge in [0.25, 0.3) is 5.56 Å². The summed E-state index contributed by atoms with van der Waals surface area (Å²) in [6.07, 6.45) is 3.69. The van der Waals surface area contributed by atoms with E-state index in [1.54, 1.807) is 13.2 Å². The second-order valence-corrected chi connectivity index (χ2v) is 7.85. The van der Waals surface area contributed by atoms with Crippen LogP contribution in [0.1, 0.15) is 18.4 Å². The summed E-state index contributed by atoms with van der Waals surface area (Å²) in [6.45, 7) is 2.82. The van der Waals surface area contributed by atoms with E-state index in [1.807, 2.05) is 18.2 Å². The molecule has 1 aliphatic rings. The molecule has 1 fully saturated rings. The van der Waals surface area contributed by atoms with Crippen molar-refractivity contribution in [3.8, 4) is 0 Å². The maximum Gasteiger partial charge on any atom is 0.282 e. The van der Waals surface area contributed by atoms with E-state index in [-0.39, 0.29) is 5.56 Å². The lowest BCUT2D eigenvalue weighted by Crippen LogP contribution is -2.39. The normalized spacial score (nSPS) is 16.2. The molecule has 0 saturated carbocycles. The highest BCUT2D eigenvalue weighted by atomic mass is 79.9. The highest BCUT2D eigenvalue weighted by Crippen LogP contribution is 2.25. The molecule has 3 rings (SSSR count). The molecule has 1 N–H and O–H groups in total. The van der Waals surface area contributed by atoms with E-state index >= 15 is 0 Å². The predicted molar refractivity (Wildman–Crippen MR) is 106 cm³/mol. The molecule has 134 valence electrons. The average Bonchev–Trinajstić information content (AvgIpc) is 2.60. The molecule has 0 bridgehead atoms. The van der Waals surface area contributed by atoms with Crippen LogP contribution in [0.4, 0.5) is 5.69 Å². The van der Waals surface area contributed by atoms with Gasteiger partial charge in [-0.3, -0.25) is 9.69 Å². The third-order valence-electron chi connectivity index (χ3n) is 4.42. The Kier molecular flexibility index (Phi) is 6.04. The summed E-state index contributed by atoms with van der Waals surface area (Å²) >= 11 is 15.4. The van der Waals surface area contributed by atoms with Gasteiger partial charge in [0, 0.05) is 32.7 Å². The lowest BCUT2D eigenvalue weighted by Gasteiger charge is -2.33. The van der Waals surface area contributed by atoms with Gasteiger partial charge in [0.1, 0.15) is 4.47 Å². The van der Waals surface area contributed by atoms with Gasteiger partial charge in [0.2, 0.25) is 0 Å². The molecule has 0 radical (unpaired) electrons. The molecule has 5 nitrogen and oxygen atoms in total. The minimum atomic E-state index is -0.137. The fraction of sp³-hybridized carbons (Fsp3) is 0.412. The monoisotopic (exact) mass is 444 g/mol. The van der Waals surface area contributed by atoms with Gasteiger partial charge in [-0.25, -0.2) is 4.68 Å². The first kappa shape index (κ1) is 18.7. The van der Waals surface area contributed by atoms with Crippen LogP contribution in [0.5, 0.6) is 0 Å². The first-order chi connectivity index (χ1) is 11.9. The average molecular weight is 446 g/mol. The Labute approximate surface area is 165 Å². The summed E-state index contributed by atoms with van der Waals surface area (Å²) < 4.78 is 1.85. The Bertz CT molecular complexity index is 819. The molecule has 0 spiro atoms. The number of rotatable bonds is 4. The standard InChI is InChI=1S/C17H19BrCl2N4O/c1-23-17(25)16(18)15(9-21-23)22-12-4-6-24(7-5-12)10-11-2-3-13(19)14(20)8-11/h2-3,8-9,12,22H,4-7,10H2,1H3. The Morgan fingerprint density at radius 1 is 1.28 bits per heavy atom. The van der Waals surface area contributed by atoms with E-state index in [0.717, 1.165) is 38.2 Å². The molecule has 8 heteroatoms. The molecule has 2 aromatic rings. The summed E-state index contributed by atoms with van der Waals surface area (Å²) in [5.41, 5.74) is 1.78. The van der Waals surface area contributed by atoms with Gasteiger partial charge in [-0.1, -0.05) is 29.3 Å². The van der Waals surface area contributed by atoms with Gasteiger partial charge < -0.3 is 5.32 Å². The minimum Gasteiger partial charge on any atom is -0.380 e. The van der Waals surface area contributed by atoms with Crippen molar-refractivity contribution in [2.75, 3.05) is 18.4 Å². The first-order valence-corrected chi connectivity index (χ1v) is 9.63. The third-order valence-corrected chi connectivity index (χ3v) is 5.92. The lowest BCUT2D eigenvalue weighted by molar-refractivity contribution is 0.211. The largest absolute Gasteiger partial charge is 0.380 e.